The molecule has 1 aromatic rings. The first-order chi connectivity index (χ1) is 15.0. The average Bonchev–Trinajstić information content (AvgIpc) is 2.90. The van der Waals surface area contributed by atoms with E-state index in [-0.39, 0.29) is 40.4 Å². The number of β-lactam (4-membered cyclic amide) rings is 1. The topological polar surface area (TPSA) is 62.2 Å². The van der Waals surface area contributed by atoms with Crippen LogP contribution in [0.15, 0.2) is 35.3 Å². The van der Waals surface area contributed by atoms with E-state index in [0.717, 1.165) is 25.9 Å². The zero-order chi connectivity index (χ0) is 21.8. The normalized spacial score (nSPS) is 26.8. The quantitative estimate of drug-likeness (QED) is 0.195. The summed E-state index contributed by atoms with van der Waals surface area (Å²) in [5, 5.41) is -0.0763. The van der Waals surface area contributed by atoms with Crippen LogP contribution in [0.1, 0.15) is 51.5 Å². The van der Waals surface area contributed by atoms with Crippen molar-refractivity contribution in [3.8, 4) is 0 Å². The van der Waals surface area contributed by atoms with E-state index in [1.807, 2.05) is 38.4 Å². The van der Waals surface area contributed by atoms with Gasteiger partial charge in [0.05, 0.1) is 12.9 Å². The van der Waals surface area contributed by atoms with Crippen molar-refractivity contribution in [3.05, 3.63) is 35.9 Å². The van der Waals surface area contributed by atoms with Gasteiger partial charge in [-0.15, -0.1) is 24.2 Å². The van der Waals surface area contributed by atoms with Gasteiger partial charge < -0.3 is 14.5 Å². The van der Waals surface area contributed by atoms with Crippen molar-refractivity contribution >= 4 is 42.4 Å². The lowest BCUT2D eigenvalue weighted by atomic mass is 9.96. The zero-order valence-electron chi connectivity index (χ0n) is 18.9. The molecule has 3 atom stereocenters. The maximum Gasteiger partial charge on any atom is 0.330 e. The number of rotatable bonds is 7. The molecule has 0 saturated carbocycles. The van der Waals surface area contributed by atoms with Gasteiger partial charge in [-0.3, -0.25) is 9.79 Å². The first kappa shape index (κ1) is 24.9. The molecule has 32 heavy (non-hydrogen) atoms. The molecule has 1 unspecified atom stereocenters. The number of amides is 1. The number of hydrogen-bond acceptors (Lipinski definition) is 5. The lowest BCUT2D eigenvalue weighted by molar-refractivity contribution is -0.162. The van der Waals surface area contributed by atoms with E-state index in [0.29, 0.717) is 6.61 Å². The molecule has 0 aromatic heterocycles. The van der Waals surface area contributed by atoms with Gasteiger partial charge in [-0.2, -0.15) is 0 Å². The summed E-state index contributed by atoms with van der Waals surface area (Å²) in [5.74, 6) is -0.350. The van der Waals surface area contributed by atoms with Gasteiger partial charge in [0.25, 0.3) is 5.91 Å². The number of thioether (sulfide) groups is 1. The summed E-state index contributed by atoms with van der Waals surface area (Å²) in [6.45, 7) is 6.43. The summed E-state index contributed by atoms with van der Waals surface area (Å²) in [6, 6.07) is 9.25. The lowest BCUT2D eigenvalue weighted by Crippen LogP contribution is -2.65. The van der Waals surface area contributed by atoms with Crippen LogP contribution in [0, 0.1) is 0 Å². The average molecular weight is 480 g/mol. The van der Waals surface area contributed by atoms with E-state index >= 15 is 0 Å². The van der Waals surface area contributed by atoms with Gasteiger partial charge >= 0.3 is 5.97 Å². The second-order valence-electron chi connectivity index (χ2n) is 9.18. The third-order valence-electron chi connectivity index (χ3n) is 6.36. The number of aryl methyl sites for hydroxylation is 1. The van der Waals surface area contributed by atoms with E-state index in [4.69, 9.17) is 4.74 Å². The molecule has 1 amide bonds. The molecule has 0 bridgehead atoms. The Morgan fingerprint density at radius 2 is 1.88 bits per heavy atom. The number of ether oxygens (including phenoxy) is 1. The summed E-state index contributed by atoms with van der Waals surface area (Å²) in [7, 11) is 0. The molecule has 6 nitrogen and oxygen atoms in total. The second-order valence-corrected chi connectivity index (χ2v) is 10.9. The van der Waals surface area contributed by atoms with Crippen LogP contribution in [0.4, 0.5) is 0 Å². The maximum atomic E-state index is 12.9. The van der Waals surface area contributed by atoms with Crippen molar-refractivity contribution in [1.82, 2.24) is 9.80 Å². The highest BCUT2D eigenvalue weighted by molar-refractivity contribution is 8.01. The van der Waals surface area contributed by atoms with E-state index in [2.05, 4.69) is 22.0 Å². The predicted octanol–water partition coefficient (Wildman–Crippen LogP) is 3.92. The highest BCUT2D eigenvalue weighted by atomic mass is 35.5. The first-order valence-corrected chi connectivity index (χ1v) is 12.3. The molecule has 176 valence electrons. The smallest absolute Gasteiger partial charge is 0.330 e. The molecule has 1 aromatic carbocycles. The molecule has 3 aliphatic heterocycles. The molecule has 0 spiro atoms. The summed E-state index contributed by atoms with van der Waals surface area (Å²) >= 11 is 1.66. The van der Waals surface area contributed by atoms with E-state index in [9.17, 15) is 9.59 Å². The fraction of sp³-hybridized carbons (Fsp3) is 0.625. The molecule has 3 saturated heterocycles. The number of nitrogens with zero attached hydrogens (tertiary/aromatic N) is 3. The fourth-order valence-electron chi connectivity index (χ4n) is 4.66. The number of esters is 1. The molecule has 4 rings (SSSR count). The highest BCUT2D eigenvalue weighted by Gasteiger charge is 2.64. The van der Waals surface area contributed by atoms with E-state index in [1.54, 1.807) is 16.7 Å². The molecule has 3 aliphatic rings. The van der Waals surface area contributed by atoms with Gasteiger partial charge in [0.1, 0.15) is 11.4 Å². The standard InChI is InChI=1S/C24H33N3O3S.ClH/c1-24(2)20(23(29)30-16-10-13-18-11-6-5-7-12-18)27-21(28)19(22(27)31-24)25-17-26-14-8-3-4-9-15-26;/h5-7,11-12,17,19-20,22H,3-4,8-10,13-16H2,1-2H3;1H/t19?,20-,22+;/m0./s1. The number of aliphatic imine (C=N–C) groups is 1. The Morgan fingerprint density at radius 1 is 1.19 bits per heavy atom. The zero-order valence-corrected chi connectivity index (χ0v) is 20.6. The number of hydrogen-bond donors (Lipinski definition) is 0. The van der Waals surface area contributed by atoms with Crippen molar-refractivity contribution < 1.29 is 14.3 Å². The molecule has 3 heterocycles. The van der Waals surface area contributed by atoms with E-state index < -0.39 is 6.04 Å². The Morgan fingerprint density at radius 3 is 2.56 bits per heavy atom. The minimum absolute atomic E-state index is 0. The van der Waals surface area contributed by atoms with Gasteiger partial charge in [-0.05, 0) is 45.1 Å². The Labute approximate surface area is 201 Å². The second kappa shape index (κ2) is 10.9. The van der Waals surface area contributed by atoms with Gasteiger partial charge in [-0.25, -0.2) is 4.79 Å². The number of carbonyl (C=O) groups is 2. The monoisotopic (exact) mass is 479 g/mol. The van der Waals surface area contributed by atoms with Crippen LogP contribution >= 0.6 is 24.2 Å². The van der Waals surface area contributed by atoms with Gasteiger partial charge in [0, 0.05) is 17.8 Å². The number of likely N-dealkylation sites (tertiary alicyclic amines) is 1. The van der Waals surface area contributed by atoms with Crippen LogP contribution in [0.2, 0.25) is 0 Å². The van der Waals surface area contributed by atoms with Crippen LogP contribution in [-0.4, -0.2) is 69.9 Å². The summed E-state index contributed by atoms with van der Waals surface area (Å²) in [5.41, 5.74) is 1.23. The third-order valence-corrected chi connectivity index (χ3v) is 7.92. The Kier molecular flexibility index (Phi) is 8.50. The SMILES string of the molecule is CC1(C)S[C@@H]2C(N=CN3CCCCCC3)C(=O)N2[C@H]1C(=O)OCCCc1ccccc1.Cl. The van der Waals surface area contributed by atoms with Gasteiger partial charge in [0.2, 0.25) is 0 Å². The molecular formula is C24H34ClN3O3S. The van der Waals surface area contributed by atoms with Crippen LogP contribution < -0.4 is 0 Å². The van der Waals surface area contributed by atoms with Crippen molar-refractivity contribution in [1.29, 1.82) is 0 Å². The van der Waals surface area contributed by atoms with Crippen molar-refractivity contribution in [2.75, 3.05) is 19.7 Å². The summed E-state index contributed by atoms with van der Waals surface area (Å²) in [6.07, 6.45) is 8.41. The third kappa shape index (κ3) is 5.42. The predicted molar refractivity (Wildman–Crippen MR) is 131 cm³/mol. The van der Waals surface area contributed by atoms with Crippen molar-refractivity contribution in [2.45, 2.75) is 74.6 Å². The van der Waals surface area contributed by atoms with Crippen molar-refractivity contribution in [3.63, 3.8) is 0 Å². The van der Waals surface area contributed by atoms with Gasteiger partial charge in [-0.1, -0.05) is 43.2 Å². The molecule has 0 N–H and O–H groups in total. The molecule has 8 heteroatoms. The number of carbonyl (C=O) groups excluding carboxylic acids is 2. The Balaban J connectivity index is 0.00000289. The van der Waals surface area contributed by atoms with Crippen LogP contribution in [0.25, 0.3) is 0 Å². The molecule has 3 fully saturated rings. The van der Waals surface area contributed by atoms with Crippen LogP contribution in [0.3, 0.4) is 0 Å². The minimum atomic E-state index is -0.545. The van der Waals surface area contributed by atoms with Crippen molar-refractivity contribution in [2.24, 2.45) is 4.99 Å². The lowest BCUT2D eigenvalue weighted by Gasteiger charge is -2.42. The number of halogens is 1. The fourth-order valence-corrected chi connectivity index (χ4v) is 6.28. The first-order valence-electron chi connectivity index (χ1n) is 11.5. The summed E-state index contributed by atoms with van der Waals surface area (Å²) < 4.78 is 5.21. The molecule has 0 radical (unpaired) electrons. The minimum Gasteiger partial charge on any atom is -0.464 e. The largest absolute Gasteiger partial charge is 0.464 e. The van der Waals surface area contributed by atoms with Gasteiger partial charge in [0.15, 0.2) is 6.04 Å². The summed E-state index contributed by atoms with van der Waals surface area (Å²) in [4.78, 5) is 34.3. The Bertz CT molecular complexity index is 812. The number of benzene rings is 1. The maximum absolute atomic E-state index is 12.9. The number of fused-ring (bicyclic) bond motifs is 1. The molecule has 0 aliphatic carbocycles. The highest BCUT2D eigenvalue weighted by Crippen LogP contribution is 2.51. The Hall–Kier alpha value is -1.73. The van der Waals surface area contributed by atoms with E-state index in [1.165, 1.54) is 31.2 Å². The van der Waals surface area contributed by atoms with Crippen LogP contribution in [-0.2, 0) is 20.7 Å². The van der Waals surface area contributed by atoms with Crippen LogP contribution in [0.5, 0.6) is 0 Å². The molecular weight excluding hydrogens is 446 g/mol.